The van der Waals surface area contributed by atoms with Gasteiger partial charge < -0.3 is 15.4 Å². The Bertz CT molecular complexity index is 902. The molecule has 5 nitrogen and oxygen atoms in total. The van der Waals surface area contributed by atoms with Crippen molar-refractivity contribution in [2.45, 2.75) is 25.0 Å². The Balaban J connectivity index is 2.01. The molecule has 1 aliphatic heterocycles. The summed E-state index contributed by atoms with van der Waals surface area (Å²) in [6, 6.07) is 14.4. The number of nitrogens with zero attached hydrogens (tertiary/aromatic N) is 1. The first-order valence-electron chi connectivity index (χ1n) is 7.59. The van der Waals surface area contributed by atoms with E-state index in [9.17, 15) is 8.42 Å². The normalized spacial score (nSPS) is 18.0. The summed E-state index contributed by atoms with van der Waals surface area (Å²) in [6.45, 7) is 3.86. The minimum Gasteiger partial charge on any atom is -0.449 e. The van der Waals surface area contributed by atoms with Crippen LogP contribution in [0.15, 0.2) is 64.3 Å². The first-order valence-corrected chi connectivity index (χ1v) is 9.07. The number of ether oxygens (including phenoxy) is 1. The van der Waals surface area contributed by atoms with Crippen molar-refractivity contribution in [2.24, 2.45) is 5.73 Å². The van der Waals surface area contributed by atoms with E-state index in [1.54, 1.807) is 36.2 Å². The fourth-order valence-corrected chi connectivity index (χ4v) is 4.32. The molecule has 3 rings (SSSR count). The molecule has 0 saturated heterocycles. The minimum atomic E-state index is -3.75. The maximum atomic E-state index is 13.0. The molecular formula is C18H20N2O3S. The zero-order chi connectivity index (χ0) is 17.5. The highest BCUT2D eigenvalue weighted by molar-refractivity contribution is 7.95. The minimum absolute atomic E-state index is 0.000365. The van der Waals surface area contributed by atoms with Gasteiger partial charge >= 0.3 is 0 Å². The molecule has 2 N–H and O–H groups in total. The Morgan fingerprint density at radius 1 is 1.04 bits per heavy atom. The largest absolute Gasteiger partial charge is 0.449 e. The zero-order valence-corrected chi connectivity index (χ0v) is 14.7. The third kappa shape index (κ3) is 2.63. The lowest BCUT2D eigenvalue weighted by atomic mass is 10.1. The van der Waals surface area contributed by atoms with Gasteiger partial charge in [0.2, 0.25) is 21.9 Å². The number of hydrogen-bond donors (Lipinski definition) is 1. The Labute approximate surface area is 142 Å². The number of sulfone groups is 1. The number of aryl methyl sites for hydroxylation is 2. The lowest BCUT2D eigenvalue weighted by molar-refractivity contribution is 0.0541. The van der Waals surface area contributed by atoms with Gasteiger partial charge in [0.05, 0.1) is 4.90 Å². The van der Waals surface area contributed by atoms with Crippen LogP contribution in [0.3, 0.4) is 0 Å². The predicted octanol–water partition coefficient (Wildman–Crippen LogP) is 2.82. The second-order valence-electron chi connectivity index (χ2n) is 5.92. The van der Waals surface area contributed by atoms with Crippen molar-refractivity contribution >= 4 is 9.84 Å². The van der Waals surface area contributed by atoms with E-state index in [2.05, 4.69) is 0 Å². The maximum absolute atomic E-state index is 13.0. The Hall–Kier alpha value is -2.47. The van der Waals surface area contributed by atoms with Crippen LogP contribution in [0.1, 0.15) is 22.9 Å². The lowest BCUT2D eigenvalue weighted by Crippen LogP contribution is -2.25. The molecule has 0 aliphatic carbocycles. The highest BCUT2D eigenvalue weighted by Gasteiger charge is 2.39. The molecule has 1 aliphatic rings. The summed E-state index contributed by atoms with van der Waals surface area (Å²) in [5.41, 5.74) is 8.82. The lowest BCUT2D eigenvalue weighted by Gasteiger charge is -2.24. The van der Waals surface area contributed by atoms with E-state index in [-0.39, 0.29) is 15.8 Å². The summed E-state index contributed by atoms with van der Waals surface area (Å²) in [7, 11) is -2.07. The van der Waals surface area contributed by atoms with E-state index >= 15 is 0 Å². The van der Waals surface area contributed by atoms with Gasteiger partial charge in [0, 0.05) is 12.6 Å². The van der Waals surface area contributed by atoms with Crippen LogP contribution in [0.5, 0.6) is 0 Å². The van der Waals surface area contributed by atoms with Gasteiger partial charge in [0.1, 0.15) is 0 Å². The molecule has 2 aromatic carbocycles. The van der Waals surface area contributed by atoms with Gasteiger partial charge in [-0.1, -0.05) is 42.0 Å². The molecule has 0 spiro atoms. The number of hydrogen-bond acceptors (Lipinski definition) is 5. The average molecular weight is 344 g/mol. The van der Waals surface area contributed by atoms with Gasteiger partial charge in [-0.3, -0.25) is 0 Å². The van der Waals surface area contributed by atoms with Crippen LogP contribution in [0.25, 0.3) is 0 Å². The first-order chi connectivity index (χ1) is 11.3. The summed E-state index contributed by atoms with van der Waals surface area (Å²) in [6.07, 6.45) is -0.554. The number of benzene rings is 2. The van der Waals surface area contributed by atoms with Crippen molar-refractivity contribution in [1.29, 1.82) is 0 Å². The molecule has 2 aromatic rings. The Morgan fingerprint density at radius 3 is 2.29 bits per heavy atom. The van der Waals surface area contributed by atoms with E-state index in [0.717, 1.165) is 16.7 Å². The van der Waals surface area contributed by atoms with Crippen molar-refractivity contribution in [3.8, 4) is 0 Å². The van der Waals surface area contributed by atoms with Crippen molar-refractivity contribution in [1.82, 2.24) is 4.90 Å². The third-order valence-corrected chi connectivity index (χ3v) is 6.05. The molecule has 1 atom stereocenters. The Morgan fingerprint density at radius 2 is 1.67 bits per heavy atom. The van der Waals surface area contributed by atoms with Crippen LogP contribution in [-0.4, -0.2) is 20.4 Å². The zero-order valence-electron chi connectivity index (χ0n) is 13.9. The molecule has 0 saturated carbocycles. The molecule has 1 unspecified atom stereocenters. The smallest absolute Gasteiger partial charge is 0.227 e. The molecule has 0 radical (unpaired) electrons. The molecule has 24 heavy (non-hydrogen) atoms. The molecule has 0 fully saturated rings. The van der Waals surface area contributed by atoms with Crippen LogP contribution in [0.4, 0.5) is 0 Å². The molecule has 1 heterocycles. The monoisotopic (exact) mass is 344 g/mol. The van der Waals surface area contributed by atoms with Gasteiger partial charge in [-0.2, -0.15) is 0 Å². The fraction of sp³-hybridized carbons (Fsp3) is 0.222. The highest BCUT2D eigenvalue weighted by Crippen LogP contribution is 2.38. The highest BCUT2D eigenvalue weighted by atomic mass is 32.2. The molecular weight excluding hydrogens is 324 g/mol. The standard InChI is InChI=1S/C18H20N2O3S/c1-12-8-10-14(11-9-12)24(21,22)18-16(19)23-17(20(18)3)15-7-5-4-6-13(15)2/h4-11,17H,19H2,1-3H3. The molecule has 6 heteroatoms. The van der Waals surface area contributed by atoms with E-state index in [1.165, 1.54) is 0 Å². The second-order valence-corrected chi connectivity index (χ2v) is 7.79. The maximum Gasteiger partial charge on any atom is 0.227 e. The summed E-state index contributed by atoms with van der Waals surface area (Å²) in [5, 5.41) is -0.000365. The summed E-state index contributed by atoms with van der Waals surface area (Å²) in [5.74, 6) is -0.0775. The van der Waals surface area contributed by atoms with Gasteiger partial charge in [-0.25, -0.2) is 8.42 Å². The third-order valence-electron chi connectivity index (χ3n) is 4.16. The summed E-state index contributed by atoms with van der Waals surface area (Å²) in [4.78, 5) is 1.78. The fourth-order valence-electron chi connectivity index (χ4n) is 2.82. The number of nitrogens with two attached hydrogens (primary N) is 1. The average Bonchev–Trinajstić information content (AvgIpc) is 2.83. The van der Waals surface area contributed by atoms with Crippen LogP contribution in [0.2, 0.25) is 0 Å². The van der Waals surface area contributed by atoms with Crippen LogP contribution in [0, 0.1) is 13.8 Å². The quantitative estimate of drug-likeness (QED) is 0.927. The predicted molar refractivity (Wildman–Crippen MR) is 92.3 cm³/mol. The SMILES string of the molecule is Cc1ccc(S(=O)(=O)C2=C(N)OC(c3ccccc3C)N2C)cc1. The summed E-state index contributed by atoms with van der Waals surface area (Å²) < 4.78 is 31.6. The first kappa shape index (κ1) is 16.4. The van der Waals surface area contributed by atoms with Gasteiger partial charge in [-0.05, 0) is 31.5 Å². The van der Waals surface area contributed by atoms with E-state index in [0.29, 0.717) is 0 Å². The van der Waals surface area contributed by atoms with Crippen molar-refractivity contribution in [2.75, 3.05) is 7.05 Å². The molecule has 0 amide bonds. The second kappa shape index (κ2) is 5.87. The van der Waals surface area contributed by atoms with Crippen molar-refractivity contribution < 1.29 is 13.2 Å². The molecule has 0 bridgehead atoms. The van der Waals surface area contributed by atoms with E-state index in [1.807, 2.05) is 38.1 Å². The van der Waals surface area contributed by atoms with Crippen molar-refractivity contribution in [3.05, 3.63) is 76.1 Å². The van der Waals surface area contributed by atoms with Crippen LogP contribution in [-0.2, 0) is 14.6 Å². The van der Waals surface area contributed by atoms with E-state index < -0.39 is 16.1 Å². The van der Waals surface area contributed by atoms with Crippen molar-refractivity contribution in [3.63, 3.8) is 0 Å². The molecule has 0 aromatic heterocycles. The number of rotatable bonds is 3. The van der Waals surface area contributed by atoms with Gasteiger partial charge in [0.15, 0.2) is 5.03 Å². The Kier molecular flexibility index (Phi) is 4.01. The van der Waals surface area contributed by atoms with Gasteiger partial charge in [0.25, 0.3) is 0 Å². The molecule has 126 valence electrons. The topological polar surface area (TPSA) is 72.6 Å². The van der Waals surface area contributed by atoms with Gasteiger partial charge in [-0.15, -0.1) is 0 Å². The van der Waals surface area contributed by atoms with Crippen LogP contribution < -0.4 is 5.73 Å². The summed E-state index contributed by atoms with van der Waals surface area (Å²) >= 11 is 0. The van der Waals surface area contributed by atoms with E-state index in [4.69, 9.17) is 10.5 Å². The van der Waals surface area contributed by atoms with Crippen LogP contribution >= 0.6 is 0 Å².